The van der Waals surface area contributed by atoms with Crippen LogP contribution in [-0.2, 0) is 4.79 Å². The van der Waals surface area contributed by atoms with E-state index in [0.29, 0.717) is 5.75 Å². The molecule has 25 heavy (non-hydrogen) atoms. The molecule has 0 radical (unpaired) electrons. The van der Waals surface area contributed by atoms with Gasteiger partial charge in [0.25, 0.3) is 0 Å². The Hall–Kier alpha value is -2.28. The summed E-state index contributed by atoms with van der Waals surface area (Å²) in [5.74, 6) is 0.231. The Morgan fingerprint density at radius 3 is 2.44 bits per heavy atom. The lowest BCUT2D eigenvalue weighted by Gasteiger charge is -2.39. The lowest BCUT2D eigenvalue weighted by molar-refractivity contribution is -0.129. The van der Waals surface area contributed by atoms with Crippen LogP contribution in [0.2, 0.25) is 0 Å². The Labute approximate surface area is 148 Å². The van der Waals surface area contributed by atoms with Crippen LogP contribution >= 0.6 is 0 Å². The van der Waals surface area contributed by atoms with E-state index >= 15 is 0 Å². The number of hydrogen-bond acceptors (Lipinski definition) is 4. The van der Waals surface area contributed by atoms with E-state index in [9.17, 15) is 19.8 Å². The number of methoxy groups -OCH3 is 1. The number of nitrogens with zero attached hydrogens (tertiary/aromatic N) is 1. The van der Waals surface area contributed by atoms with Gasteiger partial charge >= 0.3 is 6.09 Å². The van der Waals surface area contributed by atoms with Crippen LogP contribution in [0.1, 0.15) is 45.7 Å². The summed E-state index contributed by atoms with van der Waals surface area (Å²) >= 11 is 0. The first-order valence-corrected chi connectivity index (χ1v) is 8.19. The molecule has 0 saturated carbocycles. The van der Waals surface area contributed by atoms with Gasteiger partial charge in [-0.3, -0.25) is 9.69 Å². The van der Waals surface area contributed by atoms with Crippen molar-refractivity contribution in [2.24, 2.45) is 0 Å². The van der Waals surface area contributed by atoms with Crippen molar-refractivity contribution in [3.05, 3.63) is 29.8 Å². The molecule has 2 atom stereocenters. The van der Waals surface area contributed by atoms with Gasteiger partial charge in [-0.25, -0.2) is 4.79 Å². The number of amides is 2. The third-order valence-electron chi connectivity index (χ3n) is 3.90. The second-order valence-corrected chi connectivity index (χ2v) is 6.86. The van der Waals surface area contributed by atoms with Crippen molar-refractivity contribution in [1.82, 2.24) is 10.2 Å². The van der Waals surface area contributed by atoms with Crippen LogP contribution in [0.3, 0.4) is 0 Å². The highest BCUT2D eigenvalue weighted by atomic mass is 16.5. The van der Waals surface area contributed by atoms with E-state index in [2.05, 4.69) is 5.32 Å². The summed E-state index contributed by atoms with van der Waals surface area (Å²) in [6.45, 7) is 6.66. The fourth-order valence-electron chi connectivity index (χ4n) is 2.69. The predicted octanol–water partition coefficient (Wildman–Crippen LogP) is 2.40. The molecule has 0 heterocycles. The topological polar surface area (TPSA) is 99.1 Å². The summed E-state index contributed by atoms with van der Waals surface area (Å²) in [6.07, 6.45) is -1.17. The molecule has 1 aromatic rings. The van der Waals surface area contributed by atoms with Gasteiger partial charge in [0, 0.05) is 18.6 Å². The van der Waals surface area contributed by atoms with Crippen molar-refractivity contribution in [3.63, 3.8) is 0 Å². The van der Waals surface area contributed by atoms with Gasteiger partial charge in [0.05, 0.1) is 13.2 Å². The Balaban J connectivity index is 3.00. The summed E-state index contributed by atoms with van der Waals surface area (Å²) in [5, 5.41) is 21.6. The van der Waals surface area contributed by atoms with Crippen LogP contribution in [0.4, 0.5) is 4.79 Å². The van der Waals surface area contributed by atoms with E-state index in [1.165, 1.54) is 0 Å². The molecule has 7 heteroatoms. The molecule has 140 valence electrons. The average Bonchev–Trinajstić information content (AvgIpc) is 2.52. The van der Waals surface area contributed by atoms with Gasteiger partial charge in [0.15, 0.2) is 0 Å². The molecule has 0 spiro atoms. The minimum Gasteiger partial charge on any atom is -0.497 e. The quantitative estimate of drug-likeness (QED) is 0.700. The molecule has 1 rings (SSSR count). The van der Waals surface area contributed by atoms with Crippen molar-refractivity contribution >= 4 is 12.0 Å². The predicted molar refractivity (Wildman–Crippen MR) is 94.7 cm³/mol. The maximum atomic E-state index is 12.7. The molecule has 0 aliphatic heterocycles. The molecule has 0 saturated heterocycles. The van der Waals surface area contributed by atoms with Crippen LogP contribution < -0.4 is 10.1 Å². The molecule has 0 aliphatic carbocycles. The molecule has 2 amide bonds. The number of carboxylic acid groups (broad SMARTS) is 1. The number of ether oxygens (including phenoxy) is 1. The summed E-state index contributed by atoms with van der Waals surface area (Å²) in [4.78, 5) is 25.4. The van der Waals surface area contributed by atoms with Crippen molar-refractivity contribution in [1.29, 1.82) is 0 Å². The number of carbonyl (C=O) groups excluding carboxylic acids is 1. The number of hydrogen-bond donors (Lipinski definition) is 3. The molecular weight excluding hydrogens is 324 g/mol. The van der Waals surface area contributed by atoms with Crippen molar-refractivity contribution < 1.29 is 24.5 Å². The van der Waals surface area contributed by atoms with Gasteiger partial charge in [-0.15, -0.1) is 0 Å². The second kappa shape index (κ2) is 8.71. The highest BCUT2D eigenvalue weighted by Crippen LogP contribution is 2.22. The largest absolute Gasteiger partial charge is 0.497 e. The molecule has 0 aliphatic rings. The Morgan fingerprint density at radius 2 is 1.96 bits per heavy atom. The second-order valence-electron chi connectivity index (χ2n) is 6.86. The van der Waals surface area contributed by atoms with Gasteiger partial charge < -0.3 is 20.3 Å². The lowest BCUT2D eigenvalue weighted by atomic mass is 10.0. The fraction of sp³-hybridized carbons (Fsp3) is 0.556. The molecule has 1 unspecified atom stereocenters. The highest BCUT2D eigenvalue weighted by Gasteiger charge is 2.37. The van der Waals surface area contributed by atoms with Crippen molar-refractivity contribution in [2.75, 3.05) is 13.7 Å². The maximum absolute atomic E-state index is 12.7. The number of aliphatic hydroxyl groups is 1. The smallest absolute Gasteiger partial charge is 0.408 e. The minimum absolute atomic E-state index is 0.0280. The fourth-order valence-corrected chi connectivity index (χ4v) is 2.69. The van der Waals surface area contributed by atoms with Gasteiger partial charge in [0.1, 0.15) is 11.8 Å². The lowest BCUT2D eigenvalue weighted by Crippen LogP contribution is -2.57. The zero-order valence-electron chi connectivity index (χ0n) is 15.4. The standard InChI is InChI=1S/C18H28N2O5/c1-12(13-7-6-8-14(11-13)25-5)19-16(22)15(9-10-21)20(17(23)24)18(2,3)4/h6-8,11-12,15,21H,9-10H2,1-5H3,(H,19,22)(H,23,24)/t12-,15?/m1/s1. The van der Waals surface area contributed by atoms with Gasteiger partial charge in [-0.2, -0.15) is 0 Å². The Morgan fingerprint density at radius 1 is 1.32 bits per heavy atom. The van der Waals surface area contributed by atoms with Gasteiger partial charge in [-0.1, -0.05) is 12.1 Å². The van der Waals surface area contributed by atoms with Crippen LogP contribution in [0.15, 0.2) is 24.3 Å². The van der Waals surface area contributed by atoms with Crippen LogP contribution in [0.5, 0.6) is 5.75 Å². The summed E-state index contributed by atoms with van der Waals surface area (Å²) < 4.78 is 5.18. The highest BCUT2D eigenvalue weighted by molar-refractivity contribution is 5.86. The summed E-state index contributed by atoms with van der Waals surface area (Å²) in [7, 11) is 1.56. The molecule has 0 bridgehead atoms. The van der Waals surface area contributed by atoms with E-state index in [1.807, 2.05) is 25.1 Å². The molecule has 0 fully saturated rings. The van der Waals surface area contributed by atoms with Gasteiger partial charge in [0.2, 0.25) is 5.91 Å². The number of carbonyl (C=O) groups is 2. The molecule has 7 nitrogen and oxygen atoms in total. The number of nitrogens with one attached hydrogen (secondary N) is 1. The monoisotopic (exact) mass is 352 g/mol. The van der Waals surface area contributed by atoms with Gasteiger partial charge in [-0.05, 0) is 45.4 Å². The SMILES string of the molecule is COc1cccc([C@@H](C)NC(=O)C(CCO)N(C(=O)O)C(C)(C)C)c1. The third-order valence-corrected chi connectivity index (χ3v) is 3.90. The number of aliphatic hydroxyl groups excluding tert-OH is 1. The first-order valence-electron chi connectivity index (χ1n) is 8.19. The average molecular weight is 352 g/mol. The summed E-state index contributed by atoms with van der Waals surface area (Å²) in [6, 6.07) is 5.98. The molecule has 0 aromatic heterocycles. The number of rotatable bonds is 7. The van der Waals surface area contributed by atoms with Crippen LogP contribution in [-0.4, -0.2) is 52.4 Å². The number of benzene rings is 1. The Kier molecular flexibility index (Phi) is 7.23. The molecule has 3 N–H and O–H groups in total. The van der Waals surface area contributed by atoms with E-state index in [-0.39, 0.29) is 19.1 Å². The zero-order chi connectivity index (χ0) is 19.2. The van der Waals surface area contributed by atoms with E-state index < -0.39 is 23.6 Å². The van der Waals surface area contributed by atoms with Crippen molar-refractivity contribution in [3.8, 4) is 5.75 Å². The molecular formula is C18H28N2O5. The van der Waals surface area contributed by atoms with Crippen molar-refractivity contribution in [2.45, 2.75) is 51.7 Å². The van der Waals surface area contributed by atoms with E-state index in [1.54, 1.807) is 33.9 Å². The molecule has 1 aromatic carbocycles. The normalized spacial score (nSPS) is 13.7. The zero-order valence-corrected chi connectivity index (χ0v) is 15.4. The maximum Gasteiger partial charge on any atom is 0.408 e. The third kappa shape index (κ3) is 5.63. The van der Waals surface area contributed by atoms with E-state index in [4.69, 9.17) is 4.74 Å². The Bertz CT molecular complexity index is 597. The summed E-state index contributed by atoms with van der Waals surface area (Å²) in [5.41, 5.74) is 0.0652. The first-order chi connectivity index (χ1) is 11.6. The minimum atomic E-state index is -1.20. The van der Waals surface area contributed by atoms with Crippen LogP contribution in [0.25, 0.3) is 0 Å². The van der Waals surface area contributed by atoms with Crippen LogP contribution in [0, 0.1) is 0 Å². The van der Waals surface area contributed by atoms with E-state index in [0.717, 1.165) is 10.5 Å². The first kappa shape index (κ1) is 20.8.